The molecule has 1 saturated heterocycles. The highest BCUT2D eigenvalue weighted by atomic mass is 32.2. The number of halogens is 3. The molecule has 2 aromatic rings. The Hall–Kier alpha value is -1.75. The molecular formula is C17H17F3N2O3S2. The number of Topliss-reactive ketones (excluding diaryl/α,β-unsaturated/α-hetero) is 1. The Bertz CT molecular complexity index is 887. The lowest BCUT2D eigenvalue weighted by Crippen LogP contribution is -2.49. The van der Waals surface area contributed by atoms with Crippen molar-refractivity contribution in [1.82, 2.24) is 9.21 Å². The quantitative estimate of drug-likeness (QED) is 0.701. The largest absolute Gasteiger partial charge is 0.416 e. The van der Waals surface area contributed by atoms with E-state index in [1.807, 2.05) is 10.3 Å². The zero-order chi connectivity index (χ0) is 19.7. The maximum absolute atomic E-state index is 12.6. The Morgan fingerprint density at radius 3 is 2.19 bits per heavy atom. The van der Waals surface area contributed by atoms with E-state index in [0.717, 1.165) is 24.3 Å². The summed E-state index contributed by atoms with van der Waals surface area (Å²) in [5.41, 5.74) is -0.890. The van der Waals surface area contributed by atoms with Gasteiger partial charge in [-0.15, -0.1) is 11.3 Å². The first-order valence-corrected chi connectivity index (χ1v) is 10.5. The van der Waals surface area contributed by atoms with Gasteiger partial charge in [-0.3, -0.25) is 9.69 Å². The van der Waals surface area contributed by atoms with Gasteiger partial charge in [-0.1, -0.05) is 6.07 Å². The Balaban J connectivity index is 1.62. The first-order chi connectivity index (χ1) is 12.7. The zero-order valence-electron chi connectivity index (χ0n) is 14.1. The number of hydrogen-bond donors (Lipinski definition) is 0. The molecule has 146 valence electrons. The number of piperazine rings is 1. The van der Waals surface area contributed by atoms with Crippen molar-refractivity contribution in [2.45, 2.75) is 11.1 Å². The van der Waals surface area contributed by atoms with Crippen LogP contribution in [0.5, 0.6) is 0 Å². The van der Waals surface area contributed by atoms with Gasteiger partial charge in [-0.2, -0.15) is 17.5 Å². The summed E-state index contributed by atoms with van der Waals surface area (Å²) >= 11 is 1.36. The van der Waals surface area contributed by atoms with Gasteiger partial charge in [-0.05, 0) is 35.7 Å². The molecule has 0 bridgehead atoms. The smallest absolute Gasteiger partial charge is 0.293 e. The molecule has 0 aliphatic carbocycles. The second-order valence-electron chi connectivity index (χ2n) is 6.10. The molecule has 5 nitrogen and oxygen atoms in total. The van der Waals surface area contributed by atoms with Gasteiger partial charge in [0.1, 0.15) is 0 Å². The SMILES string of the molecule is O=C(CN1CCN(S(=O)(=O)c2ccc(C(F)(F)F)cc2)CC1)c1cccs1. The molecule has 1 fully saturated rings. The molecule has 1 aliphatic heterocycles. The number of rotatable bonds is 5. The number of sulfonamides is 1. The third-order valence-corrected chi connectivity index (χ3v) is 7.14. The second kappa shape index (κ2) is 7.70. The van der Waals surface area contributed by atoms with E-state index >= 15 is 0 Å². The molecule has 0 atom stereocenters. The summed E-state index contributed by atoms with van der Waals surface area (Å²) in [4.78, 5) is 14.5. The maximum Gasteiger partial charge on any atom is 0.416 e. The van der Waals surface area contributed by atoms with Crippen LogP contribution >= 0.6 is 11.3 Å². The normalized spacial score (nSPS) is 17.1. The van der Waals surface area contributed by atoms with Crippen LogP contribution < -0.4 is 0 Å². The summed E-state index contributed by atoms with van der Waals surface area (Å²) in [6.45, 7) is 1.35. The fourth-order valence-electron chi connectivity index (χ4n) is 2.81. The van der Waals surface area contributed by atoms with Crippen LogP contribution in [0.15, 0.2) is 46.7 Å². The van der Waals surface area contributed by atoms with E-state index in [1.165, 1.54) is 15.6 Å². The van der Waals surface area contributed by atoms with E-state index in [9.17, 15) is 26.4 Å². The van der Waals surface area contributed by atoms with Crippen molar-refractivity contribution >= 4 is 27.1 Å². The highest BCUT2D eigenvalue weighted by Gasteiger charge is 2.32. The summed E-state index contributed by atoms with van der Waals surface area (Å²) < 4.78 is 64.4. The molecule has 0 spiro atoms. The molecule has 1 aliphatic rings. The molecule has 2 heterocycles. The second-order valence-corrected chi connectivity index (χ2v) is 8.99. The number of nitrogens with zero attached hydrogens (tertiary/aromatic N) is 2. The van der Waals surface area contributed by atoms with Crippen LogP contribution in [-0.4, -0.2) is 56.1 Å². The van der Waals surface area contributed by atoms with E-state index in [2.05, 4.69) is 0 Å². The molecular weight excluding hydrogens is 401 g/mol. The average Bonchev–Trinajstić information content (AvgIpc) is 3.16. The number of alkyl halides is 3. The number of carbonyl (C=O) groups is 1. The van der Waals surface area contributed by atoms with E-state index < -0.39 is 21.8 Å². The minimum Gasteiger partial charge on any atom is -0.293 e. The molecule has 0 radical (unpaired) electrons. The van der Waals surface area contributed by atoms with Crippen LogP contribution in [-0.2, 0) is 16.2 Å². The van der Waals surface area contributed by atoms with Gasteiger partial charge in [-0.25, -0.2) is 8.42 Å². The summed E-state index contributed by atoms with van der Waals surface area (Å²) in [5, 5.41) is 1.82. The van der Waals surface area contributed by atoms with Gasteiger partial charge in [0.05, 0.1) is 21.9 Å². The molecule has 0 amide bonds. The zero-order valence-corrected chi connectivity index (χ0v) is 15.8. The first-order valence-electron chi connectivity index (χ1n) is 8.14. The van der Waals surface area contributed by atoms with Crippen molar-refractivity contribution in [3.8, 4) is 0 Å². The first kappa shape index (κ1) is 20.0. The lowest BCUT2D eigenvalue weighted by molar-refractivity contribution is -0.137. The third kappa shape index (κ3) is 4.57. The topological polar surface area (TPSA) is 57.7 Å². The van der Waals surface area contributed by atoms with Crippen molar-refractivity contribution in [3.63, 3.8) is 0 Å². The molecule has 27 heavy (non-hydrogen) atoms. The molecule has 0 saturated carbocycles. The Kier molecular flexibility index (Phi) is 5.71. The van der Waals surface area contributed by atoms with Crippen molar-refractivity contribution in [2.24, 2.45) is 0 Å². The van der Waals surface area contributed by atoms with Crippen molar-refractivity contribution in [3.05, 3.63) is 52.2 Å². The maximum atomic E-state index is 12.6. The number of carbonyl (C=O) groups excluding carboxylic acids is 1. The van der Waals surface area contributed by atoms with Crippen molar-refractivity contribution < 1.29 is 26.4 Å². The predicted octanol–water partition coefficient (Wildman–Crippen LogP) is 2.96. The number of benzene rings is 1. The van der Waals surface area contributed by atoms with Crippen LogP contribution in [0.4, 0.5) is 13.2 Å². The monoisotopic (exact) mass is 418 g/mol. The van der Waals surface area contributed by atoms with E-state index in [0.29, 0.717) is 18.0 Å². The molecule has 0 unspecified atom stereocenters. The lowest BCUT2D eigenvalue weighted by Gasteiger charge is -2.33. The molecule has 1 aromatic heterocycles. The third-order valence-electron chi connectivity index (χ3n) is 4.31. The standard InChI is InChI=1S/C17H17F3N2O3S2/c18-17(19,20)13-3-5-14(6-4-13)27(24,25)22-9-7-21(8-10-22)12-15(23)16-2-1-11-26-16/h1-6,11H,7-10,12H2. The Labute approximate surface area is 159 Å². The summed E-state index contributed by atoms with van der Waals surface area (Å²) in [7, 11) is -3.86. The lowest BCUT2D eigenvalue weighted by atomic mass is 10.2. The van der Waals surface area contributed by atoms with Gasteiger partial charge in [0.15, 0.2) is 5.78 Å². The highest BCUT2D eigenvalue weighted by molar-refractivity contribution is 7.89. The number of hydrogen-bond acceptors (Lipinski definition) is 5. The minimum atomic E-state index is -4.51. The average molecular weight is 418 g/mol. The predicted molar refractivity (Wildman–Crippen MR) is 95.3 cm³/mol. The van der Waals surface area contributed by atoms with Gasteiger partial charge in [0, 0.05) is 26.2 Å². The van der Waals surface area contributed by atoms with Crippen molar-refractivity contribution in [2.75, 3.05) is 32.7 Å². The minimum absolute atomic E-state index is 0.0101. The van der Waals surface area contributed by atoms with Gasteiger partial charge in [0.25, 0.3) is 0 Å². The Morgan fingerprint density at radius 1 is 1.04 bits per heavy atom. The van der Waals surface area contributed by atoms with Crippen LogP contribution in [0, 0.1) is 0 Å². The molecule has 10 heteroatoms. The van der Waals surface area contributed by atoms with Crippen molar-refractivity contribution in [1.29, 1.82) is 0 Å². The van der Waals surface area contributed by atoms with E-state index in [4.69, 9.17) is 0 Å². The van der Waals surface area contributed by atoms with Gasteiger partial charge < -0.3 is 0 Å². The summed E-state index contributed by atoms with van der Waals surface area (Å²) in [6, 6.07) is 7.03. The fraction of sp³-hybridized carbons (Fsp3) is 0.353. The fourth-order valence-corrected chi connectivity index (χ4v) is 4.89. The van der Waals surface area contributed by atoms with E-state index in [-0.39, 0.29) is 30.3 Å². The molecule has 3 rings (SSSR count). The van der Waals surface area contributed by atoms with Crippen LogP contribution in [0.2, 0.25) is 0 Å². The molecule has 0 N–H and O–H groups in total. The summed E-state index contributed by atoms with van der Waals surface area (Å²) in [5.74, 6) is -0.0101. The van der Waals surface area contributed by atoms with Gasteiger partial charge in [0.2, 0.25) is 10.0 Å². The van der Waals surface area contributed by atoms with Crippen LogP contribution in [0.3, 0.4) is 0 Å². The molecule has 1 aromatic carbocycles. The van der Waals surface area contributed by atoms with Gasteiger partial charge >= 0.3 is 6.18 Å². The van der Waals surface area contributed by atoms with Crippen LogP contribution in [0.1, 0.15) is 15.2 Å². The highest BCUT2D eigenvalue weighted by Crippen LogP contribution is 2.30. The van der Waals surface area contributed by atoms with Crippen LogP contribution in [0.25, 0.3) is 0 Å². The number of thiophene rings is 1. The number of ketones is 1. The van der Waals surface area contributed by atoms with E-state index in [1.54, 1.807) is 12.1 Å². The Morgan fingerprint density at radius 2 is 1.67 bits per heavy atom. The summed E-state index contributed by atoms with van der Waals surface area (Å²) in [6.07, 6.45) is -4.51.